The molecular weight excluding hydrogens is 250 g/mol. The van der Waals surface area contributed by atoms with Crippen LogP contribution >= 0.6 is 11.3 Å². The third-order valence-corrected chi connectivity index (χ3v) is 3.26. The first kappa shape index (κ1) is 11.0. The van der Waals surface area contributed by atoms with Crippen molar-refractivity contribution in [2.45, 2.75) is 6.42 Å². The Labute approximate surface area is 107 Å². The number of rotatable bonds is 3. The largest absolute Gasteiger partial charge is 0.497 e. The molecule has 0 spiro atoms. The summed E-state index contributed by atoms with van der Waals surface area (Å²) in [6.45, 7) is 0. The summed E-state index contributed by atoms with van der Waals surface area (Å²) < 4.78 is 10.8. The number of ether oxygens (including phenoxy) is 1. The molecule has 5 nitrogen and oxygen atoms in total. The van der Waals surface area contributed by atoms with Crippen molar-refractivity contribution in [2.24, 2.45) is 0 Å². The maximum absolute atomic E-state index is 5.64. The number of oxazole rings is 1. The van der Waals surface area contributed by atoms with E-state index in [1.165, 1.54) is 11.3 Å². The van der Waals surface area contributed by atoms with Crippen molar-refractivity contribution in [3.63, 3.8) is 0 Å². The van der Waals surface area contributed by atoms with Crippen LogP contribution in [0.15, 0.2) is 28.0 Å². The lowest BCUT2D eigenvalue weighted by atomic mass is 10.3. The van der Waals surface area contributed by atoms with E-state index >= 15 is 0 Å². The fourth-order valence-electron chi connectivity index (χ4n) is 1.72. The molecule has 0 aliphatic rings. The van der Waals surface area contributed by atoms with Gasteiger partial charge in [-0.15, -0.1) is 11.3 Å². The lowest BCUT2D eigenvalue weighted by molar-refractivity contribution is 0.415. The molecule has 0 fully saturated rings. The van der Waals surface area contributed by atoms with E-state index in [9.17, 15) is 0 Å². The Kier molecular flexibility index (Phi) is 2.64. The zero-order valence-electron chi connectivity index (χ0n) is 9.71. The normalized spacial score (nSPS) is 10.9. The van der Waals surface area contributed by atoms with Gasteiger partial charge in [-0.1, -0.05) is 0 Å². The molecule has 3 rings (SSSR count). The second-order valence-corrected chi connectivity index (χ2v) is 4.68. The van der Waals surface area contributed by atoms with Gasteiger partial charge in [-0.3, -0.25) is 0 Å². The molecule has 6 heteroatoms. The highest BCUT2D eigenvalue weighted by Gasteiger charge is 2.09. The summed E-state index contributed by atoms with van der Waals surface area (Å²) in [7, 11) is 1.63. The molecule has 18 heavy (non-hydrogen) atoms. The van der Waals surface area contributed by atoms with Gasteiger partial charge in [-0.2, -0.15) is 0 Å². The van der Waals surface area contributed by atoms with E-state index in [0.717, 1.165) is 22.5 Å². The predicted molar refractivity (Wildman–Crippen MR) is 69.9 cm³/mol. The van der Waals surface area contributed by atoms with Gasteiger partial charge in [0.2, 0.25) is 5.89 Å². The van der Waals surface area contributed by atoms with E-state index < -0.39 is 0 Å². The zero-order chi connectivity index (χ0) is 12.5. The average Bonchev–Trinajstić information content (AvgIpc) is 2.94. The third kappa shape index (κ3) is 2.02. The Morgan fingerprint density at radius 2 is 2.28 bits per heavy atom. The van der Waals surface area contributed by atoms with Gasteiger partial charge in [0.25, 0.3) is 0 Å². The van der Waals surface area contributed by atoms with Crippen molar-refractivity contribution < 1.29 is 9.15 Å². The van der Waals surface area contributed by atoms with Crippen LogP contribution in [-0.4, -0.2) is 17.1 Å². The van der Waals surface area contributed by atoms with Gasteiger partial charge in [0, 0.05) is 11.4 Å². The number of anilines is 1. The molecular formula is C12H11N3O2S. The van der Waals surface area contributed by atoms with Crippen molar-refractivity contribution in [1.82, 2.24) is 9.97 Å². The van der Waals surface area contributed by atoms with Crippen LogP contribution in [0, 0.1) is 0 Å². The number of hydrogen-bond acceptors (Lipinski definition) is 6. The van der Waals surface area contributed by atoms with E-state index in [2.05, 4.69) is 9.97 Å². The Balaban J connectivity index is 1.93. The molecule has 0 radical (unpaired) electrons. The highest BCUT2D eigenvalue weighted by Crippen LogP contribution is 2.23. The minimum Gasteiger partial charge on any atom is -0.497 e. The lowest BCUT2D eigenvalue weighted by Gasteiger charge is -1.95. The Morgan fingerprint density at radius 3 is 3.00 bits per heavy atom. The van der Waals surface area contributed by atoms with Crippen LogP contribution < -0.4 is 10.5 Å². The Bertz CT molecular complexity index is 690. The zero-order valence-corrected chi connectivity index (χ0v) is 10.5. The van der Waals surface area contributed by atoms with Crippen molar-refractivity contribution in [2.75, 3.05) is 12.8 Å². The van der Waals surface area contributed by atoms with Crippen LogP contribution in [0.5, 0.6) is 5.75 Å². The molecule has 92 valence electrons. The van der Waals surface area contributed by atoms with Gasteiger partial charge >= 0.3 is 0 Å². The minimum absolute atomic E-state index is 0.546. The number of nitrogen functional groups attached to an aromatic ring is 1. The summed E-state index contributed by atoms with van der Waals surface area (Å²) >= 11 is 1.41. The van der Waals surface area contributed by atoms with Crippen molar-refractivity contribution in [1.29, 1.82) is 0 Å². The quantitative estimate of drug-likeness (QED) is 0.784. The predicted octanol–water partition coefficient (Wildman–Crippen LogP) is 2.47. The average molecular weight is 261 g/mol. The van der Waals surface area contributed by atoms with Crippen molar-refractivity contribution >= 4 is 27.6 Å². The second-order valence-electron chi connectivity index (χ2n) is 3.80. The molecule has 0 saturated carbocycles. The summed E-state index contributed by atoms with van der Waals surface area (Å²) in [6, 6.07) is 5.54. The van der Waals surface area contributed by atoms with E-state index in [-0.39, 0.29) is 0 Å². The lowest BCUT2D eigenvalue weighted by Crippen LogP contribution is -1.89. The van der Waals surface area contributed by atoms with Gasteiger partial charge in [0.15, 0.2) is 10.7 Å². The van der Waals surface area contributed by atoms with Crippen molar-refractivity contribution in [3.8, 4) is 5.75 Å². The number of fused-ring (bicyclic) bond motifs is 1. The maximum Gasteiger partial charge on any atom is 0.201 e. The molecule has 2 heterocycles. The van der Waals surface area contributed by atoms with E-state index in [1.54, 1.807) is 7.11 Å². The highest BCUT2D eigenvalue weighted by atomic mass is 32.1. The standard InChI is InChI=1S/C12H11N3O2S/c1-16-8-2-3-10-9(5-8)15-11(17-10)4-7-6-18-12(13)14-7/h2-3,5-6H,4H2,1H3,(H2,13,14). The maximum atomic E-state index is 5.64. The van der Waals surface area contributed by atoms with Gasteiger partial charge in [-0.25, -0.2) is 9.97 Å². The summed E-state index contributed by atoms with van der Waals surface area (Å²) in [6.07, 6.45) is 0.546. The first-order valence-electron chi connectivity index (χ1n) is 5.38. The van der Waals surface area contributed by atoms with Crippen molar-refractivity contribution in [3.05, 3.63) is 35.2 Å². The number of methoxy groups -OCH3 is 1. The molecule has 2 N–H and O–H groups in total. The van der Waals surface area contributed by atoms with Crippen LogP contribution in [0.2, 0.25) is 0 Å². The molecule has 0 aliphatic heterocycles. The number of nitrogens with zero attached hydrogens (tertiary/aromatic N) is 2. The van der Waals surface area contributed by atoms with Crippen LogP contribution in [0.3, 0.4) is 0 Å². The molecule has 0 saturated heterocycles. The highest BCUT2D eigenvalue weighted by molar-refractivity contribution is 7.13. The molecule has 0 amide bonds. The minimum atomic E-state index is 0.546. The first-order chi connectivity index (χ1) is 8.74. The summed E-state index contributed by atoms with van der Waals surface area (Å²) in [5.41, 5.74) is 7.99. The first-order valence-corrected chi connectivity index (χ1v) is 6.26. The van der Waals surface area contributed by atoms with E-state index in [0.29, 0.717) is 17.4 Å². The molecule has 3 aromatic rings. The smallest absolute Gasteiger partial charge is 0.201 e. The number of thiazole rings is 1. The molecule has 2 aromatic heterocycles. The van der Waals surface area contributed by atoms with Gasteiger partial charge in [-0.05, 0) is 12.1 Å². The molecule has 0 bridgehead atoms. The molecule has 1 aromatic carbocycles. The van der Waals surface area contributed by atoms with Gasteiger partial charge in [0.1, 0.15) is 11.3 Å². The molecule has 0 unspecified atom stereocenters. The summed E-state index contributed by atoms with van der Waals surface area (Å²) in [5, 5.41) is 2.47. The van der Waals surface area contributed by atoms with Crippen LogP contribution in [0.25, 0.3) is 11.1 Å². The third-order valence-electron chi connectivity index (χ3n) is 2.54. The van der Waals surface area contributed by atoms with Crippen LogP contribution in [-0.2, 0) is 6.42 Å². The number of nitrogens with two attached hydrogens (primary N) is 1. The summed E-state index contributed by atoms with van der Waals surface area (Å²) in [4.78, 5) is 8.58. The Morgan fingerprint density at radius 1 is 1.39 bits per heavy atom. The monoisotopic (exact) mass is 261 g/mol. The molecule has 0 atom stereocenters. The summed E-state index contributed by atoms with van der Waals surface area (Å²) in [5.74, 6) is 1.39. The fraction of sp³-hybridized carbons (Fsp3) is 0.167. The fourth-order valence-corrected chi connectivity index (χ4v) is 2.28. The number of benzene rings is 1. The molecule has 0 aliphatic carbocycles. The van der Waals surface area contributed by atoms with Gasteiger partial charge in [0.05, 0.1) is 19.2 Å². The van der Waals surface area contributed by atoms with Crippen LogP contribution in [0.1, 0.15) is 11.6 Å². The number of hydrogen-bond donors (Lipinski definition) is 1. The SMILES string of the molecule is COc1ccc2oc(Cc3csc(N)n3)nc2c1. The Hall–Kier alpha value is -2.08. The van der Waals surface area contributed by atoms with E-state index in [4.69, 9.17) is 14.9 Å². The number of aromatic nitrogens is 2. The van der Waals surface area contributed by atoms with Crippen LogP contribution in [0.4, 0.5) is 5.13 Å². The topological polar surface area (TPSA) is 74.2 Å². The second kappa shape index (κ2) is 4.30. The van der Waals surface area contributed by atoms with Gasteiger partial charge < -0.3 is 14.9 Å². The van der Waals surface area contributed by atoms with E-state index in [1.807, 2.05) is 23.6 Å².